The van der Waals surface area contributed by atoms with Crippen LogP contribution in [-0.4, -0.2) is 11.6 Å². The molecule has 0 bridgehead atoms. The molecule has 0 saturated carbocycles. The van der Waals surface area contributed by atoms with Crippen molar-refractivity contribution in [2.75, 3.05) is 0 Å². The number of rotatable bonds is 0. The monoisotopic (exact) mass is 284 g/mol. The lowest BCUT2D eigenvalue weighted by Gasteiger charge is -2.35. The Balaban J connectivity index is 3.76. The molecule has 110 valence electrons. The molecule has 21 heavy (non-hydrogen) atoms. The molecule has 0 aromatic carbocycles. The summed E-state index contributed by atoms with van der Waals surface area (Å²) in [6, 6.07) is 3.68. The van der Waals surface area contributed by atoms with Crippen LogP contribution < -0.4 is 0 Å². The molecule has 1 aliphatic rings. The van der Waals surface area contributed by atoms with E-state index in [0.717, 1.165) is 0 Å². The minimum atomic E-state index is -0.759. The highest BCUT2D eigenvalue weighted by atomic mass is 16.2. The Morgan fingerprint density at radius 2 is 1.52 bits per heavy atom. The van der Waals surface area contributed by atoms with E-state index in [2.05, 4.69) is 0 Å². The topological polar surface area (TPSA) is 81.7 Å². The van der Waals surface area contributed by atoms with Gasteiger partial charge in [-0.2, -0.15) is 10.5 Å². The largest absolute Gasteiger partial charge is 0.290 e. The predicted molar refractivity (Wildman–Crippen MR) is 78.7 cm³/mol. The number of hydrogen-bond acceptors (Lipinski definition) is 4. The van der Waals surface area contributed by atoms with Crippen molar-refractivity contribution in [2.24, 2.45) is 16.7 Å². The lowest BCUT2D eigenvalue weighted by molar-refractivity contribution is -0.139. The normalized spacial score (nSPS) is 19.7. The van der Waals surface area contributed by atoms with Crippen molar-refractivity contribution in [3.8, 4) is 12.1 Å². The van der Waals surface area contributed by atoms with Gasteiger partial charge in [0.05, 0.1) is 5.92 Å². The zero-order chi connectivity index (χ0) is 16.6. The van der Waals surface area contributed by atoms with E-state index in [1.54, 1.807) is 6.08 Å². The fraction of sp³-hybridized carbons (Fsp3) is 0.529. The molecule has 4 nitrogen and oxygen atoms in total. The van der Waals surface area contributed by atoms with Gasteiger partial charge in [-0.1, -0.05) is 41.5 Å². The molecule has 0 N–H and O–H groups in total. The maximum Gasteiger partial charge on any atom is 0.225 e. The van der Waals surface area contributed by atoms with Crippen molar-refractivity contribution in [1.29, 1.82) is 10.5 Å². The van der Waals surface area contributed by atoms with E-state index >= 15 is 0 Å². The zero-order valence-corrected chi connectivity index (χ0v) is 13.4. The average Bonchev–Trinajstić information content (AvgIpc) is 2.31. The van der Waals surface area contributed by atoms with Crippen LogP contribution in [0.1, 0.15) is 41.5 Å². The second-order valence-corrected chi connectivity index (χ2v) is 7.35. The van der Waals surface area contributed by atoms with Crippen LogP contribution in [0.15, 0.2) is 22.8 Å². The quantitative estimate of drug-likeness (QED) is 0.505. The molecular formula is C17H20N2O2. The van der Waals surface area contributed by atoms with Crippen molar-refractivity contribution < 1.29 is 9.59 Å². The van der Waals surface area contributed by atoms with Crippen molar-refractivity contribution in [3.05, 3.63) is 22.8 Å². The molecule has 0 aliphatic heterocycles. The average molecular weight is 284 g/mol. The summed E-state index contributed by atoms with van der Waals surface area (Å²) in [6.45, 7) is 11.0. The first-order valence-electron chi connectivity index (χ1n) is 6.80. The van der Waals surface area contributed by atoms with E-state index in [4.69, 9.17) is 10.5 Å². The van der Waals surface area contributed by atoms with Crippen molar-refractivity contribution in [1.82, 2.24) is 0 Å². The van der Waals surface area contributed by atoms with Gasteiger partial charge in [-0.3, -0.25) is 9.59 Å². The molecule has 0 aromatic rings. The van der Waals surface area contributed by atoms with Gasteiger partial charge in [0.15, 0.2) is 0 Å². The predicted octanol–water partition coefficient (Wildman–Crippen LogP) is 3.12. The van der Waals surface area contributed by atoms with Crippen LogP contribution in [0.25, 0.3) is 0 Å². The first-order chi connectivity index (χ1) is 9.45. The standard InChI is InChI=1S/C17H20N2O2/c1-16(2,3)12-7-11(10(8-18)9-19)13(17(4,5)6)15(21)14(12)20/h7,13H,1-6H3/t13-/m0/s1. The Hall–Kier alpha value is -2.20. The lowest BCUT2D eigenvalue weighted by atomic mass is 9.65. The SMILES string of the molecule is CC(C)(C)C1=CC(=C(C#N)C#N)[C@H](C(C)(C)C)C(=O)C1=O. The summed E-state index contributed by atoms with van der Waals surface area (Å²) in [5.41, 5.74) is -0.441. The van der Waals surface area contributed by atoms with E-state index in [-0.39, 0.29) is 5.57 Å². The van der Waals surface area contributed by atoms with Gasteiger partial charge in [0.1, 0.15) is 17.7 Å². The molecule has 1 rings (SSSR count). The summed E-state index contributed by atoms with van der Waals surface area (Å²) in [4.78, 5) is 24.9. The number of hydrogen-bond donors (Lipinski definition) is 0. The van der Waals surface area contributed by atoms with Crippen LogP contribution in [0.3, 0.4) is 0 Å². The highest BCUT2D eigenvalue weighted by Gasteiger charge is 2.44. The Morgan fingerprint density at radius 1 is 1.05 bits per heavy atom. The highest BCUT2D eigenvalue weighted by molar-refractivity contribution is 6.46. The molecule has 0 saturated heterocycles. The van der Waals surface area contributed by atoms with Gasteiger partial charge in [-0.05, 0) is 22.5 Å². The minimum Gasteiger partial charge on any atom is -0.290 e. The first-order valence-corrected chi connectivity index (χ1v) is 6.80. The lowest BCUT2D eigenvalue weighted by Crippen LogP contribution is -2.41. The van der Waals surface area contributed by atoms with Gasteiger partial charge >= 0.3 is 0 Å². The number of carbonyl (C=O) groups excluding carboxylic acids is 2. The van der Waals surface area contributed by atoms with Crippen molar-refractivity contribution in [2.45, 2.75) is 41.5 Å². The highest BCUT2D eigenvalue weighted by Crippen LogP contribution is 2.42. The van der Waals surface area contributed by atoms with Gasteiger partial charge in [-0.15, -0.1) is 0 Å². The van der Waals surface area contributed by atoms with E-state index in [9.17, 15) is 9.59 Å². The van der Waals surface area contributed by atoms with Crippen LogP contribution in [0.5, 0.6) is 0 Å². The van der Waals surface area contributed by atoms with Crippen LogP contribution >= 0.6 is 0 Å². The summed E-state index contributed by atoms with van der Waals surface area (Å²) in [5, 5.41) is 18.3. The third-order valence-electron chi connectivity index (χ3n) is 3.53. The summed E-state index contributed by atoms with van der Waals surface area (Å²) < 4.78 is 0. The molecule has 0 fully saturated rings. The molecule has 0 unspecified atom stereocenters. The van der Waals surface area contributed by atoms with E-state index < -0.39 is 28.3 Å². The molecule has 4 heteroatoms. The Bertz CT molecular complexity index is 622. The Labute approximate surface area is 125 Å². The molecule has 1 atom stereocenters. The Kier molecular flexibility index (Phi) is 4.25. The van der Waals surface area contributed by atoms with E-state index in [1.165, 1.54) is 0 Å². The zero-order valence-electron chi connectivity index (χ0n) is 13.4. The number of Topliss-reactive ketones (excluding diaryl/α,β-unsaturated/α-hetero) is 2. The number of nitriles is 2. The summed E-state index contributed by atoms with van der Waals surface area (Å²) in [5.74, 6) is -1.81. The first kappa shape index (κ1) is 16.9. The van der Waals surface area contributed by atoms with Gasteiger partial charge in [-0.25, -0.2) is 0 Å². The van der Waals surface area contributed by atoms with Crippen molar-refractivity contribution >= 4 is 11.6 Å². The van der Waals surface area contributed by atoms with Gasteiger partial charge in [0.25, 0.3) is 0 Å². The summed E-state index contributed by atoms with van der Waals surface area (Å²) >= 11 is 0. The molecule has 0 radical (unpaired) electrons. The molecule has 1 aliphatic carbocycles. The number of nitrogens with zero attached hydrogens (tertiary/aromatic N) is 2. The maximum absolute atomic E-state index is 12.5. The van der Waals surface area contributed by atoms with Gasteiger partial charge < -0.3 is 0 Å². The summed E-state index contributed by atoms with van der Waals surface area (Å²) in [7, 11) is 0. The van der Waals surface area contributed by atoms with Crippen molar-refractivity contribution in [3.63, 3.8) is 0 Å². The molecule has 0 heterocycles. The fourth-order valence-corrected chi connectivity index (χ4v) is 2.50. The number of allylic oxidation sites excluding steroid dienone is 4. The third kappa shape index (κ3) is 3.11. The smallest absolute Gasteiger partial charge is 0.225 e. The summed E-state index contributed by atoms with van der Waals surface area (Å²) in [6.07, 6.45) is 1.57. The molecule has 0 amide bonds. The second kappa shape index (κ2) is 5.30. The number of carbonyl (C=O) groups is 2. The second-order valence-electron chi connectivity index (χ2n) is 7.35. The third-order valence-corrected chi connectivity index (χ3v) is 3.53. The van der Waals surface area contributed by atoms with Gasteiger partial charge in [0.2, 0.25) is 11.6 Å². The van der Waals surface area contributed by atoms with E-state index in [0.29, 0.717) is 11.1 Å². The van der Waals surface area contributed by atoms with Gasteiger partial charge in [0, 0.05) is 5.57 Å². The molecule has 0 aromatic heterocycles. The molecule has 0 spiro atoms. The molecular weight excluding hydrogens is 264 g/mol. The fourth-order valence-electron chi connectivity index (χ4n) is 2.50. The van der Waals surface area contributed by atoms with Crippen LogP contribution in [0.4, 0.5) is 0 Å². The van der Waals surface area contributed by atoms with Crippen LogP contribution in [-0.2, 0) is 9.59 Å². The minimum absolute atomic E-state index is 0.0995. The maximum atomic E-state index is 12.5. The van der Waals surface area contributed by atoms with Crippen LogP contribution in [0.2, 0.25) is 0 Å². The Morgan fingerprint density at radius 3 is 1.86 bits per heavy atom. The number of ketones is 2. The van der Waals surface area contributed by atoms with E-state index in [1.807, 2.05) is 53.7 Å². The van der Waals surface area contributed by atoms with Crippen LogP contribution in [0, 0.1) is 39.4 Å².